The monoisotopic (exact) mass is 244 g/mol. The first-order valence-electron chi connectivity index (χ1n) is 5.20. The molecule has 1 aromatic rings. The average Bonchev–Trinajstić information content (AvgIpc) is 2.09. The van der Waals surface area contributed by atoms with Gasteiger partial charge in [-0.25, -0.2) is 0 Å². The second-order valence-corrected chi connectivity index (χ2v) is 2.68. The van der Waals surface area contributed by atoms with Crippen molar-refractivity contribution in [1.29, 1.82) is 0 Å². The predicted octanol–water partition coefficient (Wildman–Crippen LogP) is 3.17. The van der Waals surface area contributed by atoms with E-state index in [1.807, 2.05) is 0 Å². The molecule has 0 aliphatic carbocycles. The summed E-state index contributed by atoms with van der Waals surface area (Å²) in [7, 11) is 0. The van der Waals surface area contributed by atoms with Gasteiger partial charge in [-0.1, -0.05) is 15.9 Å². The molecule has 1 aromatic heterocycles. The van der Waals surface area contributed by atoms with Crippen LogP contribution in [0.5, 0.6) is 0 Å². The molecule has 0 aliphatic heterocycles. The molecule has 0 aromatic carbocycles. The largest absolute Gasteiger partial charge is 0.419 e. The van der Waals surface area contributed by atoms with Crippen molar-refractivity contribution in [2.24, 2.45) is 0 Å². The molecular formula is C7H5BrF3N. The highest BCUT2D eigenvalue weighted by molar-refractivity contribution is 9.10. The quantitative estimate of drug-likeness (QED) is 0.684. The second kappa shape index (κ2) is 3.05. The summed E-state index contributed by atoms with van der Waals surface area (Å²) in [6.07, 6.45) is -5.78. The summed E-state index contributed by atoms with van der Waals surface area (Å²) < 4.78 is 72.5. The van der Waals surface area contributed by atoms with E-state index in [4.69, 9.17) is 6.85 Å². The van der Waals surface area contributed by atoms with Gasteiger partial charge in [0.15, 0.2) is 0 Å². The van der Waals surface area contributed by atoms with Crippen LogP contribution in [0.15, 0.2) is 16.7 Å². The Hall–Kier alpha value is -0.580. The molecule has 0 saturated heterocycles. The van der Waals surface area contributed by atoms with E-state index in [1.54, 1.807) is 0 Å². The highest BCUT2D eigenvalue weighted by Crippen LogP contribution is 2.35. The maximum absolute atomic E-state index is 12.7. The van der Waals surface area contributed by atoms with E-state index in [-0.39, 0.29) is 0 Å². The molecule has 0 saturated carbocycles. The van der Waals surface area contributed by atoms with Gasteiger partial charge in [0, 0.05) is 14.8 Å². The summed E-state index contributed by atoms with van der Waals surface area (Å²) in [6.45, 7) is -3.10. The van der Waals surface area contributed by atoms with Crippen LogP contribution in [-0.2, 0) is 6.18 Å². The third-order valence-electron chi connectivity index (χ3n) is 1.07. The van der Waals surface area contributed by atoms with Crippen LogP contribution in [0.3, 0.4) is 0 Å². The van der Waals surface area contributed by atoms with Gasteiger partial charge in [0.25, 0.3) is 0 Å². The molecule has 0 amide bonds. The van der Waals surface area contributed by atoms with E-state index in [2.05, 4.69) is 20.9 Å². The third kappa shape index (κ3) is 1.77. The van der Waals surface area contributed by atoms with E-state index in [1.165, 1.54) is 0 Å². The normalized spacial score (nSPS) is 18.8. The van der Waals surface area contributed by atoms with Crippen LogP contribution in [0, 0.1) is 6.85 Å². The molecular weight excluding hydrogens is 235 g/mol. The molecule has 1 rings (SSSR count). The number of pyridine rings is 1. The molecule has 66 valence electrons. The van der Waals surface area contributed by atoms with Crippen molar-refractivity contribution in [3.63, 3.8) is 0 Å². The fourth-order valence-electron chi connectivity index (χ4n) is 0.614. The summed E-state index contributed by atoms with van der Waals surface area (Å²) in [4.78, 5) is 3.04. The number of aromatic nitrogens is 1. The first kappa shape index (κ1) is 4.60. The van der Waals surface area contributed by atoms with Crippen LogP contribution in [0.1, 0.15) is 18.1 Å². The van der Waals surface area contributed by atoms with Crippen LogP contribution in [0.4, 0.5) is 13.2 Å². The topological polar surface area (TPSA) is 12.9 Å². The number of nitrogens with zero attached hydrogens (tertiary/aromatic N) is 1. The van der Waals surface area contributed by atoms with Gasteiger partial charge in [-0.2, -0.15) is 13.2 Å². The lowest BCUT2D eigenvalue weighted by Gasteiger charge is -2.10. The van der Waals surface area contributed by atoms with Crippen molar-refractivity contribution in [2.75, 3.05) is 0 Å². The first-order valence-corrected chi connectivity index (χ1v) is 3.50. The van der Waals surface area contributed by atoms with Crippen molar-refractivity contribution in [3.05, 3.63) is 27.9 Å². The molecule has 0 fully saturated rings. The van der Waals surface area contributed by atoms with Crippen LogP contribution >= 0.6 is 15.9 Å². The van der Waals surface area contributed by atoms with E-state index in [0.717, 1.165) is 0 Å². The van der Waals surface area contributed by atoms with Gasteiger partial charge >= 0.3 is 6.18 Å². The fraction of sp³-hybridized carbons (Fsp3) is 0.286. The Kier molecular flexibility index (Phi) is 1.17. The van der Waals surface area contributed by atoms with E-state index in [9.17, 15) is 13.2 Å². The minimum Gasteiger partial charge on any atom is -0.261 e. The van der Waals surface area contributed by atoms with Crippen LogP contribution in [0.2, 0.25) is 0 Å². The smallest absolute Gasteiger partial charge is 0.261 e. The Morgan fingerprint density at radius 1 is 1.67 bits per heavy atom. The predicted molar refractivity (Wildman–Crippen MR) is 41.7 cm³/mol. The zero-order valence-electron chi connectivity index (χ0n) is 10.5. The Morgan fingerprint density at radius 3 is 2.83 bits per heavy atom. The molecule has 0 N–H and O–H groups in total. The summed E-state index contributed by atoms with van der Waals surface area (Å²) in [5, 5.41) is 0. The van der Waals surface area contributed by atoms with E-state index >= 15 is 0 Å². The highest BCUT2D eigenvalue weighted by atomic mass is 79.9. The van der Waals surface area contributed by atoms with Gasteiger partial charge in [-0.05, 0) is 12.9 Å². The van der Waals surface area contributed by atoms with Gasteiger partial charge in [0.1, 0.15) is 0 Å². The molecule has 12 heavy (non-hydrogen) atoms. The van der Waals surface area contributed by atoms with Crippen LogP contribution < -0.4 is 0 Å². The van der Waals surface area contributed by atoms with E-state index < -0.39 is 41.0 Å². The Morgan fingerprint density at radius 2 is 2.33 bits per heavy atom. The number of halogens is 4. The van der Waals surface area contributed by atoms with Crippen LogP contribution in [0.25, 0.3) is 0 Å². The summed E-state index contributed by atoms with van der Waals surface area (Å²) in [6, 6.07) is -0.801. The molecule has 0 bridgehead atoms. The molecule has 1 heterocycles. The molecule has 0 atom stereocenters. The zero-order valence-corrected chi connectivity index (χ0v) is 7.05. The highest BCUT2D eigenvalue weighted by Gasteiger charge is 2.35. The Labute approximate surface area is 82.8 Å². The van der Waals surface area contributed by atoms with Crippen molar-refractivity contribution in [1.82, 2.24) is 4.98 Å². The van der Waals surface area contributed by atoms with Crippen molar-refractivity contribution in [3.8, 4) is 0 Å². The third-order valence-corrected chi connectivity index (χ3v) is 1.67. The number of rotatable bonds is 0. The van der Waals surface area contributed by atoms with E-state index in [0.29, 0.717) is 0 Å². The zero-order chi connectivity index (χ0) is 13.6. The van der Waals surface area contributed by atoms with Gasteiger partial charge in [-0.3, -0.25) is 4.98 Å². The van der Waals surface area contributed by atoms with Crippen LogP contribution in [-0.4, -0.2) is 4.98 Å². The number of aryl methyl sites for hydroxylation is 1. The molecule has 0 aliphatic rings. The molecule has 0 radical (unpaired) electrons. The molecule has 5 heteroatoms. The van der Waals surface area contributed by atoms with Crippen molar-refractivity contribution in [2.45, 2.75) is 13.0 Å². The molecule has 1 nitrogen and oxygen atoms in total. The SMILES string of the molecule is [2H]c1nc(C([2H])([2H])[2H])c(C(F)(F)F)c(Br)c1[2H]. The summed E-state index contributed by atoms with van der Waals surface area (Å²) in [5.74, 6) is 0. The fourth-order valence-corrected chi connectivity index (χ4v) is 1.12. The number of hydrogen-bond acceptors (Lipinski definition) is 1. The van der Waals surface area contributed by atoms with Gasteiger partial charge in [0.2, 0.25) is 0 Å². The van der Waals surface area contributed by atoms with Crippen molar-refractivity contribution < 1.29 is 20.0 Å². The number of alkyl halides is 3. The van der Waals surface area contributed by atoms with Gasteiger partial charge in [-0.15, -0.1) is 0 Å². The average molecular weight is 245 g/mol. The lowest BCUT2D eigenvalue weighted by molar-refractivity contribution is -0.138. The lowest BCUT2D eigenvalue weighted by atomic mass is 10.2. The summed E-state index contributed by atoms with van der Waals surface area (Å²) >= 11 is 2.49. The lowest BCUT2D eigenvalue weighted by Crippen LogP contribution is -2.09. The van der Waals surface area contributed by atoms with Gasteiger partial charge in [0.05, 0.1) is 14.0 Å². The minimum absolute atomic E-state index is 0.781. The first-order chi connectivity index (χ1) is 7.46. The molecule has 0 spiro atoms. The summed E-state index contributed by atoms with van der Waals surface area (Å²) in [5.41, 5.74) is -2.75. The van der Waals surface area contributed by atoms with Crippen molar-refractivity contribution >= 4 is 15.9 Å². The Bertz CT molecular complexity index is 456. The molecule has 0 unspecified atom stereocenters. The van der Waals surface area contributed by atoms with Gasteiger partial charge < -0.3 is 0 Å². The second-order valence-electron chi connectivity index (χ2n) is 1.88. The maximum atomic E-state index is 12.7. The standard InChI is InChI=1S/C7H5BrF3N/c1-4-6(7(9,10)11)5(8)2-3-12-4/h2-3H,1H3/i1D3,2D,3D. The number of hydrogen-bond donors (Lipinski definition) is 0. The minimum atomic E-state index is -4.96. The maximum Gasteiger partial charge on any atom is 0.419 e. The Balaban J connectivity index is 3.71.